The van der Waals surface area contributed by atoms with E-state index in [0.717, 1.165) is 0 Å². The average molecular weight is 693 g/mol. The third-order valence-corrected chi connectivity index (χ3v) is 10.9. The van der Waals surface area contributed by atoms with E-state index >= 15 is 0 Å². The van der Waals surface area contributed by atoms with Gasteiger partial charge in [0.1, 0.15) is 36.3 Å². The molecule has 3 aliphatic rings. The van der Waals surface area contributed by atoms with Crippen LogP contribution in [0.5, 0.6) is 0 Å². The standard InChI is InChI=1S/C34H60O14/c1-11-21-15(3)24(36)16(4)23(35)14(2)12-34(10,43)30(48-32-27(39)26(38)25(37)19(7)45-32)17(5)28(18(6)31(41)46-21)47-22-13-33(9,42)29(40)20(8)44-22/h14-22,24-30,32,36-40,42-43H,11-13H2,1-10H3/t14-,15+,16+,17+,18-,19?,20?,21-,22+,24+,25+,26?,27?,28+,29+,30-,32+,33?,34-/m1/s1. The van der Waals surface area contributed by atoms with Gasteiger partial charge < -0.3 is 59.4 Å². The molecule has 14 nitrogen and oxygen atoms in total. The molecule has 19 atom stereocenters. The van der Waals surface area contributed by atoms with E-state index < -0.39 is 120 Å². The van der Waals surface area contributed by atoms with Crippen LogP contribution in [0.2, 0.25) is 0 Å². The van der Waals surface area contributed by atoms with Crippen molar-refractivity contribution in [2.24, 2.45) is 29.6 Å². The van der Waals surface area contributed by atoms with E-state index in [1.165, 1.54) is 20.8 Å². The number of carbonyl (C=O) groups is 2. The van der Waals surface area contributed by atoms with Gasteiger partial charge in [0.2, 0.25) is 0 Å². The summed E-state index contributed by atoms with van der Waals surface area (Å²) in [5.41, 5.74) is -3.47. The third-order valence-electron chi connectivity index (χ3n) is 10.9. The third kappa shape index (κ3) is 8.76. The molecular formula is C34H60O14. The van der Waals surface area contributed by atoms with Crippen molar-refractivity contribution >= 4 is 11.8 Å². The monoisotopic (exact) mass is 692 g/mol. The molecule has 5 unspecified atom stereocenters. The Kier molecular flexibility index (Phi) is 13.7. The second kappa shape index (κ2) is 15.9. The maximum Gasteiger partial charge on any atom is 0.311 e. The molecule has 0 bridgehead atoms. The Morgan fingerprint density at radius 1 is 0.729 bits per heavy atom. The Bertz CT molecular complexity index is 1080. The van der Waals surface area contributed by atoms with Crippen LogP contribution in [-0.4, -0.2) is 132 Å². The first kappa shape index (κ1) is 41.1. The van der Waals surface area contributed by atoms with E-state index in [4.69, 9.17) is 23.7 Å². The zero-order valence-electron chi connectivity index (χ0n) is 29.9. The minimum atomic E-state index is -1.87. The molecule has 0 amide bonds. The highest BCUT2D eigenvalue weighted by Gasteiger charge is 2.52. The van der Waals surface area contributed by atoms with Crippen molar-refractivity contribution in [3.05, 3.63) is 0 Å². The summed E-state index contributed by atoms with van der Waals surface area (Å²) in [5, 5.41) is 76.5. The van der Waals surface area contributed by atoms with Crippen LogP contribution >= 0.6 is 0 Å². The topological polar surface area (TPSA) is 222 Å². The van der Waals surface area contributed by atoms with Gasteiger partial charge in [0, 0.05) is 30.1 Å². The largest absolute Gasteiger partial charge is 0.462 e. The molecular weight excluding hydrogens is 632 g/mol. The van der Waals surface area contributed by atoms with Crippen LogP contribution in [0.15, 0.2) is 0 Å². The lowest BCUT2D eigenvalue weighted by atomic mass is 9.74. The smallest absolute Gasteiger partial charge is 0.311 e. The molecule has 0 saturated carbocycles. The number of hydrogen-bond donors (Lipinski definition) is 7. The predicted octanol–water partition coefficient (Wildman–Crippen LogP) is 0.418. The Hall–Kier alpha value is -1.30. The molecule has 0 radical (unpaired) electrons. The van der Waals surface area contributed by atoms with Crippen molar-refractivity contribution in [3.8, 4) is 0 Å². The number of rotatable bonds is 5. The molecule has 7 N–H and O–H groups in total. The van der Waals surface area contributed by atoms with Crippen LogP contribution in [0.1, 0.15) is 88.5 Å². The van der Waals surface area contributed by atoms with Gasteiger partial charge in [0.25, 0.3) is 0 Å². The summed E-state index contributed by atoms with van der Waals surface area (Å²) < 4.78 is 30.3. The molecule has 3 aliphatic heterocycles. The fourth-order valence-electron chi connectivity index (χ4n) is 7.64. The van der Waals surface area contributed by atoms with Gasteiger partial charge in [-0.05, 0) is 47.5 Å². The summed E-state index contributed by atoms with van der Waals surface area (Å²) in [6, 6.07) is 0. The Balaban J connectivity index is 2.14. The number of aliphatic hydroxyl groups excluding tert-OH is 5. The first-order valence-electron chi connectivity index (χ1n) is 17.3. The van der Waals surface area contributed by atoms with Crippen molar-refractivity contribution in [3.63, 3.8) is 0 Å². The Morgan fingerprint density at radius 3 is 1.90 bits per heavy atom. The number of hydrogen-bond acceptors (Lipinski definition) is 14. The van der Waals surface area contributed by atoms with Gasteiger partial charge in [-0.2, -0.15) is 0 Å². The van der Waals surface area contributed by atoms with E-state index in [1.807, 2.05) is 0 Å². The van der Waals surface area contributed by atoms with Gasteiger partial charge in [-0.25, -0.2) is 0 Å². The summed E-state index contributed by atoms with van der Waals surface area (Å²) in [5.74, 6) is -5.29. The minimum Gasteiger partial charge on any atom is -0.462 e. The lowest BCUT2D eigenvalue weighted by Gasteiger charge is -2.48. The fraction of sp³-hybridized carbons (Fsp3) is 0.941. The molecule has 280 valence electrons. The van der Waals surface area contributed by atoms with Crippen LogP contribution in [0, 0.1) is 29.6 Å². The zero-order valence-corrected chi connectivity index (χ0v) is 29.9. The average Bonchev–Trinajstić information content (AvgIpc) is 3.01. The van der Waals surface area contributed by atoms with Crippen LogP contribution < -0.4 is 0 Å². The molecule has 48 heavy (non-hydrogen) atoms. The maximum absolute atomic E-state index is 13.9. The number of ketones is 1. The summed E-state index contributed by atoms with van der Waals surface area (Å²) in [6.45, 7) is 15.9. The maximum atomic E-state index is 13.9. The van der Waals surface area contributed by atoms with Crippen LogP contribution in [0.3, 0.4) is 0 Å². The Morgan fingerprint density at radius 2 is 1.33 bits per heavy atom. The van der Waals surface area contributed by atoms with Crippen LogP contribution in [0.4, 0.5) is 0 Å². The van der Waals surface area contributed by atoms with Crippen molar-refractivity contribution in [2.75, 3.05) is 0 Å². The summed E-state index contributed by atoms with van der Waals surface area (Å²) in [6.07, 6.45) is -14.9. The van der Waals surface area contributed by atoms with Gasteiger partial charge in [-0.3, -0.25) is 9.59 Å². The highest BCUT2D eigenvalue weighted by Crippen LogP contribution is 2.39. The van der Waals surface area contributed by atoms with Gasteiger partial charge in [0.05, 0.1) is 47.6 Å². The first-order valence-corrected chi connectivity index (χ1v) is 17.3. The second-order valence-electron chi connectivity index (χ2n) is 15.2. The molecule has 3 heterocycles. The molecule has 0 aromatic rings. The van der Waals surface area contributed by atoms with E-state index in [2.05, 4.69) is 0 Å². The number of esters is 1. The number of ether oxygens (including phenoxy) is 5. The van der Waals surface area contributed by atoms with Crippen LogP contribution in [-0.2, 0) is 33.3 Å². The molecule has 0 aromatic heterocycles. The van der Waals surface area contributed by atoms with Gasteiger partial charge in [-0.15, -0.1) is 0 Å². The van der Waals surface area contributed by atoms with Crippen LogP contribution in [0.25, 0.3) is 0 Å². The van der Waals surface area contributed by atoms with E-state index in [0.29, 0.717) is 6.42 Å². The molecule has 0 spiro atoms. The Labute approximate surface area is 283 Å². The van der Waals surface area contributed by atoms with Gasteiger partial charge in [0.15, 0.2) is 12.6 Å². The quantitative estimate of drug-likeness (QED) is 0.194. The predicted molar refractivity (Wildman–Crippen MR) is 170 cm³/mol. The SMILES string of the molecule is CC[C@H]1OC(=O)[C@H](C)[C@@H](O[C@H]2CC(C)(O)[C@@H](O)C(C)O2)[C@H](C)[C@@H](O[C@@H]2OC(C)[C@H](O)C(O)C2O)[C@](C)(O)C[C@@H](C)C(=O)[C@H](C)[C@@H](O)[C@H]1C. The second-order valence-corrected chi connectivity index (χ2v) is 15.2. The minimum absolute atomic E-state index is 0.165. The molecule has 3 saturated heterocycles. The molecule has 0 aliphatic carbocycles. The van der Waals surface area contributed by atoms with E-state index in [1.54, 1.807) is 48.5 Å². The highest BCUT2D eigenvalue weighted by atomic mass is 16.7. The van der Waals surface area contributed by atoms with Crippen molar-refractivity contribution in [2.45, 2.75) is 173 Å². The lowest BCUT2D eigenvalue weighted by molar-refractivity contribution is -0.332. The van der Waals surface area contributed by atoms with Crippen molar-refractivity contribution in [1.82, 2.24) is 0 Å². The number of aliphatic hydroxyl groups is 7. The van der Waals surface area contributed by atoms with Gasteiger partial charge >= 0.3 is 5.97 Å². The highest BCUT2D eigenvalue weighted by molar-refractivity contribution is 5.83. The van der Waals surface area contributed by atoms with E-state index in [9.17, 15) is 45.3 Å². The summed E-state index contributed by atoms with van der Waals surface area (Å²) >= 11 is 0. The molecule has 14 heteroatoms. The zero-order chi connectivity index (χ0) is 36.6. The summed E-state index contributed by atoms with van der Waals surface area (Å²) in [7, 11) is 0. The molecule has 3 rings (SSSR count). The van der Waals surface area contributed by atoms with E-state index in [-0.39, 0.29) is 18.6 Å². The van der Waals surface area contributed by atoms with Crippen molar-refractivity contribution < 1.29 is 69.0 Å². The van der Waals surface area contributed by atoms with Gasteiger partial charge in [-0.1, -0.05) is 34.6 Å². The lowest BCUT2D eigenvalue weighted by Crippen LogP contribution is -2.61. The first-order chi connectivity index (χ1) is 22.0. The fourth-order valence-corrected chi connectivity index (χ4v) is 7.64. The normalized spacial score (nSPS) is 52.0. The molecule has 3 fully saturated rings. The molecule has 0 aromatic carbocycles. The number of carbonyl (C=O) groups excluding carboxylic acids is 2. The number of cyclic esters (lactones) is 1. The van der Waals surface area contributed by atoms with Crippen molar-refractivity contribution in [1.29, 1.82) is 0 Å². The summed E-state index contributed by atoms with van der Waals surface area (Å²) in [4.78, 5) is 27.5. The number of Topliss-reactive ketones (excluding diaryl/α,β-unsaturated/α-hetero) is 1.